The van der Waals surface area contributed by atoms with Gasteiger partial charge in [-0.05, 0) is 41.8 Å². The molecule has 0 aliphatic rings. The first kappa shape index (κ1) is 17.5. The zero-order chi connectivity index (χ0) is 18.4. The van der Waals surface area contributed by atoms with Crippen LogP contribution in [0.2, 0.25) is 0 Å². The van der Waals surface area contributed by atoms with Crippen LogP contribution in [0.25, 0.3) is 0 Å². The molecule has 0 aliphatic heterocycles. The molecule has 132 valence electrons. The Morgan fingerprint density at radius 2 is 1.46 bits per heavy atom. The normalized spacial score (nSPS) is 11.7. The average Bonchev–Trinajstić information content (AvgIpc) is 2.65. The molecule has 0 spiro atoms. The Hall–Kier alpha value is -3.34. The number of anilines is 2. The quantitative estimate of drug-likeness (QED) is 0.639. The summed E-state index contributed by atoms with van der Waals surface area (Å²) in [6.45, 7) is 0.537. The summed E-state index contributed by atoms with van der Waals surface area (Å²) in [5, 5.41) is 2.98. The fourth-order valence-corrected chi connectivity index (χ4v) is 3.03. The second-order valence-electron chi connectivity index (χ2n) is 6.12. The van der Waals surface area contributed by atoms with Crippen LogP contribution in [0.1, 0.15) is 33.8 Å². The molecule has 0 bridgehead atoms. The predicted octanol–water partition coefficient (Wildman–Crippen LogP) is 3.20. The van der Waals surface area contributed by atoms with Crippen LogP contribution >= 0.6 is 0 Å². The number of carbonyl (C=O) groups is 1. The second kappa shape index (κ2) is 8.16. The van der Waals surface area contributed by atoms with Crippen LogP contribution in [0.4, 0.5) is 11.6 Å². The van der Waals surface area contributed by atoms with Gasteiger partial charge in [0.15, 0.2) is 0 Å². The minimum Gasteiger partial charge on any atom is -0.384 e. The highest BCUT2D eigenvalue weighted by Crippen LogP contribution is 2.29. The predicted molar refractivity (Wildman–Crippen MR) is 105 cm³/mol. The van der Waals surface area contributed by atoms with Crippen LogP contribution in [0.3, 0.4) is 0 Å². The van der Waals surface area contributed by atoms with Gasteiger partial charge in [0.2, 0.25) is 0 Å². The lowest BCUT2D eigenvalue weighted by Crippen LogP contribution is -2.25. The van der Waals surface area contributed by atoms with Gasteiger partial charge in [-0.15, -0.1) is 0 Å². The summed E-state index contributed by atoms with van der Waals surface area (Å²) >= 11 is 0. The molecule has 0 saturated heterocycles. The van der Waals surface area contributed by atoms with Crippen molar-refractivity contribution >= 4 is 17.5 Å². The summed E-state index contributed by atoms with van der Waals surface area (Å²) in [6.07, 6.45) is 0.728. The molecule has 5 nitrogen and oxygen atoms in total. The van der Waals surface area contributed by atoms with Gasteiger partial charge < -0.3 is 16.8 Å². The minimum atomic E-state index is -0.0776. The van der Waals surface area contributed by atoms with Gasteiger partial charge in [0, 0.05) is 18.0 Å². The minimum absolute atomic E-state index is 0.0693. The molecule has 3 rings (SSSR count). The lowest BCUT2D eigenvalue weighted by molar-refractivity contribution is 0.0953. The third kappa shape index (κ3) is 4.39. The van der Waals surface area contributed by atoms with Gasteiger partial charge >= 0.3 is 0 Å². The van der Waals surface area contributed by atoms with Crippen LogP contribution < -0.4 is 16.8 Å². The highest BCUT2D eigenvalue weighted by molar-refractivity contribution is 5.94. The molecule has 0 fully saturated rings. The van der Waals surface area contributed by atoms with Gasteiger partial charge in [-0.1, -0.05) is 48.5 Å². The fraction of sp³-hybridized carbons (Fsp3) is 0.143. The summed E-state index contributed by atoms with van der Waals surface area (Å²) in [5.74, 6) is 0.787. The number of nitrogens with two attached hydrogens (primary N) is 2. The molecule has 5 N–H and O–H groups in total. The Morgan fingerprint density at radius 3 is 2.08 bits per heavy atom. The molecule has 1 unspecified atom stereocenters. The van der Waals surface area contributed by atoms with Crippen LogP contribution in [0, 0.1) is 0 Å². The molecule has 1 aromatic heterocycles. The van der Waals surface area contributed by atoms with E-state index in [9.17, 15) is 4.79 Å². The van der Waals surface area contributed by atoms with E-state index in [1.54, 1.807) is 12.1 Å². The van der Waals surface area contributed by atoms with E-state index < -0.39 is 0 Å². The van der Waals surface area contributed by atoms with Gasteiger partial charge in [0.05, 0.1) is 0 Å². The number of amides is 1. The van der Waals surface area contributed by atoms with Gasteiger partial charge in [-0.2, -0.15) is 0 Å². The Kier molecular flexibility index (Phi) is 5.49. The number of nitrogens with zero attached hydrogens (tertiary/aromatic N) is 1. The molecule has 26 heavy (non-hydrogen) atoms. The number of benzene rings is 2. The maximum atomic E-state index is 12.2. The molecule has 0 saturated carbocycles. The number of carbonyl (C=O) groups excluding carboxylic acids is 1. The largest absolute Gasteiger partial charge is 0.384 e. The van der Waals surface area contributed by atoms with Crippen LogP contribution in [-0.4, -0.2) is 17.4 Å². The van der Waals surface area contributed by atoms with E-state index in [0.29, 0.717) is 23.7 Å². The molecular weight excluding hydrogens is 324 g/mol. The van der Waals surface area contributed by atoms with E-state index in [2.05, 4.69) is 22.4 Å². The van der Waals surface area contributed by atoms with E-state index >= 15 is 0 Å². The third-order valence-electron chi connectivity index (χ3n) is 4.25. The highest BCUT2D eigenvalue weighted by atomic mass is 16.1. The number of pyridine rings is 1. The summed E-state index contributed by atoms with van der Waals surface area (Å²) in [6, 6.07) is 23.0. The lowest BCUT2D eigenvalue weighted by Gasteiger charge is -2.19. The summed E-state index contributed by atoms with van der Waals surface area (Å²) in [5.41, 5.74) is 14.5. The maximum Gasteiger partial charge on any atom is 0.251 e. The van der Waals surface area contributed by atoms with Crippen molar-refractivity contribution < 1.29 is 4.79 Å². The smallest absolute Gasteiger partial charge is 0.251 e. The molecule has 1 atom stereocenters. The topological polar surface area (TPSA) is 94.0 Å². The first-order valence-corrected chi connectivity index (χ1v) is 8.54. The third-order valence-corrected chi connectivity index (χ3v) is 4.25. The Balaban J connectivity index is 1.75. The van der Waals surface area contributed by atoms with Crippen molar-refractivity contribution in [2.24, 2.45) is 0 Å². The van der Waals surface area contributed by atoms with Crippen LogP contribution in [0.5, 0.6) is 0 Å². The molecule has 1 heterocycles. The number of rotatable bonds is 6. The van der Waals surface area contributed by atoms with Crippen molar-refractivity contribution in [3.63, 3.8) is 0 Å². The van der Waals surface area contributed by atoms with E-state index in [-0.39, 0.29) is 11.8 Å². The van der Waals surface area contributed by atoms with Crippen molar-refractivity contribution in [1.82, 2.24) is 10.3 Å². The fourth-order valence-electron chi connectivity index (χ4n) is 3.03. The highest BCUT2D eigenvalue weighted by Gasteiger charge is 2.16. The Labute approximate surface area is 153 Å². The number of nitrogen functional groups attached to an aromatic ring is 2. The Morgan fingerprint density at radius 1 is 0.885 bits per heavy atom. The molecule has 1 amide bonds. The lowest BCUT2D eigenvalue weighted by atomic mass is 9.89. The average molecular weight is 346 g/mol. The van der Waals surface area contributed by atoms with Crippen molar-refractivity contribution in [2.45, 2.75) is 12.3 Å². The second-order valence-corrected chi connectivity index (χ2v) is 6.12. The summed E-state index contributed by atoms with van der Waals surface area (Å²) in [4.78, 5) is 16.3. The van der Waals surface area contributed by atoms with E-state index in [0.717, 1.165) is 17.5 Å². The number of hydrogen-bond donors (Lipinski definition) is 3. The van der Waals surface area contributed by atoms with Gasteiger partial charge in [-0.3, -0.25) is 4.79 Å². The van der Waals surface area contributed by atoms with Gasteiger partial charge in [0.1, 0.15) is 11.6 Å². The monoisotopic (exact) mass is 346 g/mol. The van der Waals surface area contributed by atoms with Gasteiger partial charge in [-0.25, -0.2) is 4.98 Å². The standard InChI is InChI=1S/C21H22N4O/c22-19-13-17(14-20(23)25-19)18(15-7-3-1-4-8-15)11-12-24-21(26)16-9-5-2-6-10-16/h1-10,13-14,18H,11-12H2,(H,24,26)(H4,22,23,25). The molecule has 3 aromatic rings. The summed E-state index contributed by atoms with van der Waals surface area (Å²) in [7, 11) is 0. The van der Waals surface area contributed by atoms with Crippen molar-refractivity contribution in [3.05, 3.63) is 89.5 Å². The molecular formula is C21H22N4O. The van der Waals surface area contributed by atoms with Crippen molar-refractivity contribution in [1.29, 1.82) is 0 Å². The maximum absolute atomic E-state index is 12.2. The number of aromatic nitrogens is 1. The number of hydrogen-bond acceptors (Lipinski definition) is 4. The number of nitrogens with one attached hydrogen (secondary N) is 1. The Bertz CT molecular complexity index is 845. The first-order valence-electron chi connectivity index (χ1n) is 8.54. The molecule has 2 aromatic carbocycles. The van der Waals surface area contributed by atoms with E-state index in [4.69, 9.17) is 11.5 Å². The molecule has 0 aliphatic carbocycles. The zero-order valence-electron chi connectivity index (χ0n) is 14.4. The van der Waals surface area contributed by atoms with Crippen LogP contribution in [-0.2, 0) is 0 Å². The first-order chi connectivity index (χ1) is 12.6. The van der Waals surface area contributed by atoms with E-state index in [1.165, 1.54) is 0 Å². The zero-order valence-corrected chi connectivity index (χ0v) is 14.4. The van der Waals surface area contributed by atoms with Crippen LogP contribution in [0.15, 0.2) is 72.8 Å². The summed E-state index contributed by atoms with van der Waals surface area (Å²) < 4.78 is 0. The molecule has 5 heteroatoms. The van der Waals surface area contributed by atoms with E-state index in [1.807, 2.05) is 48.5 Å². The van der Waals surface area contributed by atoms with Crippen molar-refractivity contribution in [2.75, 3.05) is 18.0 Å². The molecule has 0 radical (unpaired) electrons. The SMILES string of the molecule is Nc1cc(C(CCNC(=O)c2ccccc2)c2ccccc2)cc(N)n1. The van der Waals surface area contributed by atoms with Gasteiger partial charge in [0.25, 0.3) is 5.91 Å². The van der Waals surface area contributed by atoms with Crippen molar-refractivity contribution in [3.8, 4) is 0 Å².